The molecule has 0 amide bonds. The Morgan fingerprint density at radius 2 is 1.02 bits per heavy atom. The predicted octanol–water partition coefficient (Wildman–Crippen LogP) is 2.62. The molecule has 0 fully saturated rings. The maximum Gasteiger partial charge on any atom is 0.133 e. The first-order valence-corrected chi connectivity index (χ1v) is 14.1. The Labute approximate surface area is 243 Å². The second-order valence-corrected chi connectivity index (χ2v) is 10.5. The van der Waals surface area contributed by atoms with Crippen LogP contribution in [0.15, 0.2) is 127 Å². The maximum absolute atomic E-state index is 12.0. The minimum Gasteiger partial charge on any atom is -0.378 e. The first-order chi connectivity index (χ1) is 19.4. The highest BCUT2D eigenvalue weighted by atomic mass is 35.7. The lowest BCUT2D eigenvalue weighted by Gasteiger charge is -2.26. The summed E-state index contributed by atoms with van der Waals surface area (Å²) >= 11 is 0. The second-order valence-electron chi connectivity index (χ2n) is 9.72. The monoisotopic (exact) mass is 574 g/mol. The molecule has 0 saturated carbocycles. The van der Waals surface area contributed by atoms with Gasteiger partial charge in [0.15, 0.2) is 0 Å². The summed E-state index contributed by atoms with van der Waals surface area (Å²) < 4.78 is 32.7. The summed E-state index contributed by atoms with van der Waals surface area (Å²) in [5.41, 5.74) is 5.96. The molecule has 1 atom stereocenters. The van der Waals surface area contributed by atoms with E-state index in [1.54, 1.807) is 0 Å². The normalized spacial score (nSPS) is 13.2. The number of aliphatic hydroxyl groups is 1. The fraction of sp³-hybridized carbons (Fsp3) is 0.152. The van der Waals surface area contributed by atoms with Crippen molar-refractivity contribution < 1.29 is 34.0 Å². The van der Waals surface area contributed by atoms with Crippen molar-refractivity contribution in [3.63, 3.8) is 0 Å². The average molecular weight is 575 g/mol. The number of hydrogen-bond donors (Lipinski definition) is 2. The van der Waals surface area contributed by atoms with Crippen molar-refractivity contribution in [1.82, 2.24) is 0 Å². The molecule has 0 heterocycles. The van der Waals surface area contributed by atoms with Crippen molar-refractivity contribution in [3.05, 3.63) is 150 Å². The van der Waals surface area contributed by atoms with Gasteiger partial charge in [-0.15, -0.1) is 0 Å². The minimum absolute atomic E-state index is 0.820. The molecular formula is C33H35ClN2O5. The molecule has 0 aliphatic heterocycles. The third-order valence-corrected chi connectivity index (χ3v) is 6.42. The van der Waals surface area contributed by atoms with E-state index in [-0.39, 0.29) is 0 Å². The molecule has 7 nitrogen and oxygen atoms in total. The van der Waals surface area contributed by atoms with Gasteiger partial charge >= 0.3 is 0 Å². The van der Waals surface area contributed by atoms with Crippen LogP contribution in [0.5, 0.6) is 0 Å². The molecule has 0 spiro atoms. The molecule has 0 radical (unpaired) electrons. The number of allylic oxidation sites excluding steroid dienone is 2. The van der Waals surface area contributed by atoms with Crippen molar-refractivity contribution in [3.8, 4) is 0 Å². The summed E-state index contributed by atoms with van der Waals surface area (Å²) in [7, 11) is 3.42. The van der Waals surface area contributed by atoms with Gasteiger partial charge in [0.05, 0.1) is 14.9 Å². The highest BCUT2D eigenvalue weighted by Gasteiger charge is 2.28. The molecule has 0 saturated heterocycles. The zero-order valence-corrected chi connectivity index (χ0v) is 24.3. The Kier molecular flexibility index (Phi) is 10.9. The van der Waals surface area contributed by atoms with Crippen LogP contribution in [0.1, 0.15) is 22.3 Å². The van der Waals surface area contributed by atoms with Crippen molar-refractivity contribution in [2.75, 3.05) is 38.0 Å². The summed E-state index contributed by atoms with van der Waals surface area (Å²) in [6, 6.07) is 36.8. The molecule has 4 rings (SSSR count). The highest BCUT2D eigenvalue weighted by Crippen LogP contribution is 2.33. The van der Waals surface area contributed by atoms with E-state index in [0.717, 1.165) is 39.2 Å². The van der Waals surface area contributed by atoms with Crippen LogP contribution in [0, 0.1) is 10.2 Å². The van der Waals surface area contributed by atoms with E-state index in [1.165, 1.54) is 0 Å². The Balaban J connectivity index is 0.000000850. The fourth-order valence-corrected chi connectivity index (χ4v) is 4.26. The molecular weight excluding hydrogens is 540 g/mol. The van der Waals surface area contributed by atoms with Crippen LogP contribution in [0.3, 0.4) is 0 Å². The van der Waals surface area contributed by atoms with Crippen molar-refractivity contribution in [1.29, 1.82) is 0 Å². The van der Waals surface area contributed by atoms with Crippen LogP contribution in [-0.2, 0) is 5.60 Å². The smallest absolute Gasteiger partial charge is 0.133 e. The summed E-state index contributed by atoms with van der Waals surface area (Å²) in [6.07, 6.45) is 5.93. The van der Waals surface area contributed by atoms with Crippen LogP contribution in [0.2, 0.25) is 0 Å². The molecule has 214 valence electrons. The molecule has 0 aliphatic carbocycles. The van der Waals surface area contributed by atoms with E-state index in [0.29, 0.717) is 0 Å². The number of rotatable bonds is 8. The molecule has 2 N–H and O–H groups in total. The molecule has 8 heteroatoms. The average Bonchev–Trinajstić information content (AvgIpc) is 2.95. The van der Waals surface area contributed by atoms with E-state index in [9.17, 15) is 5.11 Å². The fourth-order valence-electron chi connectivity index (χ4n) is 4.26. The van der Waals surface area contributed by atoms with Gasteiger partial charge in [0.25, 0.3) is 0 Å². The van der Waals surface area contributed by atoms with Gasteiger partial charge in [0.1, 0.15) is 5.60 Å². The molecule has 41 heavy (non-hydrogen) atoms. The summed E-state index contributed by atoms with van der Waals surface area (Å²) in [6.45, 7) is 0. The van der Waals surface area contributed by atoms with E-state index >= 15 is 0 Å². The quantitative estimate of drug-likeness (QED) is 0.311. The van der Waals surface area contributed by atoms with E-state index < -0.39 is 15.8 Å². The highest BCUT2D eigenvalue weighted by molar-refractivity contribution is 5.81. The summed E-state index contributed by atoms with van der Waals surface area (Å²) in [5.74, 6) is 0. The van der Waals surface area contributed by atoms with Crippen molar-refractivity contribution in [2.45, 2.75) is 5.60 Å². The summed E-state index contributed by atoms with van der Waals surface area (Å²) in [5, 5.41) is 12.0. The molecule has 4 aromatic rings. The molecule has 4 aromatic carbocycles. The van der Waals surface area contributed by atoms with E-state index in [1.807, 2.05) is 113 Å². The van der Waals surface area contributed by atoms with Gasteiger partial charge < -0.3 is 14.9 Å². The SMILES string of the molecule is CN(C)c1ccc(C(=CC=CC(O)(c2ccccc2)c2ccc(N(C)C)cc2)c2ccccc2)cc1.[O-][Cl+3]([O-])([O-])O. The molecule has 0 aliphatic rings. The number of hydrogen-bond acceptors (Lipinski definition) is 7. The zero-order chi connectivity index (χ0) is 30.0. The van der Waals surface area contributed by atoms with E-state index in [4.69, 9.17) is 18.6 Å². The van der Waals surface area contributed by atoms with Gasteiger partial charge in [-0.25, -0.2) is 0 Å². The number of anilines is 2. The Hall–Kier alpha value is -3.95. The van der Waals surface area contributed by atoms with Gasteiger partial charge in [-0.1, -0.05) is 97.1 Å². The van der Waals surface area contributed by atoms with Gasteiger partial charge in [-0.3, -0.25) is 0 Å². The zero-order valence-electron chi connectivity index (χ0n) is 23.5. The number of halogens is 1. The Bertz CT molecular complexity index is 1410. The lowest BCUT2D eigenvalue weighted by atomic mass is 9.85. The standard InChI is InChI=1S/C33H34N2O.ClHO4/c1-34(2)30-21-17-27(18-22-30)32(26-12-7-5-8-13-26)16-11-25-33(36,28-14-9-6-10-15-28)29-19-23-31(24-20-29)35(3)4;2-1(3,4)5/h5-25,36H,1-4H3;(H,2,3,4,5). The van der Waals surface area contributed by atoms with Gasteiger partial charge in [-0.2, -0.15) is 14.0 Å². The molecule has 0 aromatic heterocycles. The van der Waals surface area contributed by atoms with E-state index in [2.05, 4.69) is 52.3 Å². The topological polar surface area (TPSA) is 116 Å². The second kappa shape index (κ2) is 14.1. The molecule has 1 unspecified atom stereocenters. The first-order valence-electron chi connectivity index (χ1n) is 12.8. The van der Waals surface area contributed by atoms with Crippen molar-refractivity contribution >= 4 is 16.9 Å². The summed E-state index contributed by atoms with van der Waals surface area (Å²) in [4.78, 5) is 4.15. The number of benzene rings is 4. The Morgan fingerprint density at radius 1 is 0.634 bits per heavy atom. The minimum atomic E-state index is -4.69. The molecule has 0 bridgehead atoms. The Morgan fingerprint density at radius 3 is 1.49 bits per heavy atom. The van der Waals surface area contributed by atoms with Crippen LogP contribution < -0.4 is 23.8 Å². The van der Waals surface area contributed by atoms with Crippen LogP contribution in [0.25, 0.3) is 5.57 Å². The van der Waals surface area contributed by atoms with Crippen LogP contribution >= 0.6 is 0 Å². The lowest BCUT2D eigenvalue weighted by molar-refractivity contribution is -1.92. The van der Waals surface area contributed by atoms with Crippen molar-refractivity contribution in [2.24, 2.45) is 0 Å². The predicted molar refractivity (Wildman–Crippen MR) is 156 cm³/mol. The van der Waals surface area contributed by atoms with Gasteiger partial charge in [-0.05, 0) is 58.2 Å². The first kappa shape index (κ1) is 31.6. The largest absolute Gasteiger partial charge is 0.378 e. The lowest BCUT2D eigenvalue weighted by Crippen LogP contribution is -2.58. The third-order valence-electron chi connectivity index (χ3n) is 6.42. The maximum atomic E-state index is 12.0. The van der Waals surface area contributed by atoms with Gasteiger partial charge in [0.2, 0.25) is 0 Å². The number of nitrogens with zero attached hydrogens (tertiary/aromatic N) is 2. The van der Waals surface area contributed by atoms with Gasteiger partial charge in [0, 0.05) is 39.6 Å². The van der Waals surface area contributed by atoms with Crippen LogP contribution in [0.4, 0.5) is 11.4 Å². The van der Waals surface area contributed by atoms with Crippen LogP contribution in [-0.4, -0.2) is 38.0 Å². The third kappa shape index (κ3) is 9.30.